The molecule has 1 aliphatic rings. The quantitative estimate of drug-likeness (QED) is 0.333. The lowest BCUT2D eigenvalue weighted by Crippen LogP contribution is -2.21. The van der Waals surface area contributed by atoms with Gasteiger partial charge in [-0.05, 0) is 49.4 Å². The summed E-state index contributed by atoms with van der Waals surface area (Å²) in [6, 6.07) is 16.5. The first kappa shape index (κ1) is 18.6. The van der Waals surface area contributed by atoms with Crippen molar-refractivity contribution >= 4 is 40.7 Å². The zero-order valence-electron chi connectivity index (χ0n) is 15.2. The second kappa shape index (κ2) is 7.37. The summed E-state index contributed by atoms with van der Waals surface area (Å²) >= 11 is 6.18. The van der Waals surface area contributed by atoms with Crippen LogP contribution in [-0.4, -0.2) is 16.5 Å². The van der Waals surface area contributed by atoms with Crippen LogP contribution in [0.2, 0.25) is 5.02 Å². The Kier molecular flexibility index (Phi) is 4.74. The number of amides is 1. The number of nitrogens with zero attached hydrogens (tertiary/aromatic N) is 3. The molecule has 2 aromatic carbocycles. The van der Waals surface area contributed by atoms with Crippen LogP contribution in [0, 0.1) is 10.1 Å². The minimum atomic E-state index is -0.458. The van der Waals surface area contributed by atoms with Gasteiger partial charge in [-0.3, -0.25) is 14.9 Å². The van der Waals surface area contributed by atoms with Crippen molar-refractivity contribution in [3.8, 4) is 11.3 Å². The van der Waals surface area contributed by atoms with E-state index in [4.69, 9.17) is 16.0 Å². The highest BCUT2D eigenvalue weighted by molar-refractivity contribution is 6.36. The summed E-state index contributed by atoms with van der Waals surface area (Å²) in [5, 5.41) is 16.8. The number of para-hydroxylation sites is 1. The molecule has 0 bridgehead atoms. The molecule has 1 aromatic heterocycles. The van der Waals surface area contributed by atoms with E-state index in [1.807, 2.05) is 0 Å². The average molecular weight is 408 g/mol. The van der Waals surface area contributed by atoms with Crippen LogP contribution in [-0.2, 0) is 4.79 Å². The monoisotopic (exact) mass is 407 g/mol. The largest absolute Gasteiger partial charge is 0.457 e. The molecule has 1 amide bonds. The summed E-state index contributed by atoms with van der Waals surface area (Å²) in [7, 11) is 0. The van der Waals surface area contributed by atoms with Gasteiger partial charge in [-0.1, -0.05) is 23.7 Å². The van der Waals surface area contributed by atoms with Crippen molar-refractivity contribution in [1.82, 2.24) is 0 Å². The fourth-order valence-electron chi connectivity index (χ4n) is 2.95. The fraction of sp³-hybridized carbons (Fsp3) is 0.0476. The molecule has 4 rings (SSSR count). The van der Waals surface area contributed by atoms with Crippen LogP contribution in [0.1, 0.15) is 12.7 Å². The lowest BCUT2D eigenvalue weighted by Gasteiger charge is -2.12. The molecule has 7 nitrogen and oxygen atoms in total. The number of anilines is 1. The molecule has 0 spiro atoms. The van der Waals surface area contributed by atoms with E-state index in [1.165, 1.54) is 17.1 Å². The van der Waals surface area contributed by atoms with Crippen molar-refractivity contribution in [2.45, 2.75) is 6.92 Å². The Morgan fingerprint density at radius 1 is 1.10 bits per heavy atom. The standard InChI is InChI=1S/C21H14ClN3O4/c1-13-17(21(26)24(23-13)19-5-3-2-4-18(19)22)12-16-10-11-20(29-16)14-6-8-15(9-7-14)25(27)28/h2-12H,1H3/b17-12-. The van der Waals surface area contributed by atoms with Gasteiger partial charge in [-0.25, -0.2) is 0 Å². The van der Waals surface area contributed by atoms with Crippen LogP contribution in [0.5, 0.6) is 0 Å². The van der Waals surface area contributed by atoms with Crippen molar-refractivity contribution in [2.75, 3.05) is 5.01 Å². The first-order valence-corrected chi connectivity index (χ1v) is 9.03. The molecule has 0 saturated carbocycles. The molecule has 0 saturated heterocycles. The molecular weight excluding hydrogens is 394 g/mol. The van der Waals surface area contributed by atoms with Crippen molar-refractivity contribution in [2.24, 2.45) is 5.10 Å². The Morgan fingerprint density at radius 2 is 1.83 bits per heavy atom. The molecule has 3 aromatic rings. The number of hydrogen-bond donors (Lipinski definition) is 0. The van der Waals surface area contributed by atoms with Gasteiger partial charge in [0.1, 0.15) is 11.5 Å². The van der Waals surface area contributed by atoms with Crippen LogP contribution in [0.3, 0.4) is 0 Å². The Hall–Kier alpha value is -3.71. The summed E-state index contributed by atoms with van der Waals surface area (Å²) in [6.45, 7) is 1.74. The number of non-ortho nitro benzene ring substituents is 1. The minimum absolute atomic E-state index is 0.00528. The molecule has 2 heterocycles. The SMILES string of the molecule is CC1=NN(c2ccccc2Cl)C(=O)/C1=C\c1ccc(-c2ccc([N+](=O)[O-])cc2)o1. The van der Waals surface area contributed by atoms with Crippen LogP contribution in [0.15, 0.2) is 75.8 Å². The zero-order valence-corrected chi connectivity index (χ0v) is 16.0. The van der Waals surface area contributed by atoms with Crippen molar-refractivity contribution in [1.29, 1.82) is 0 Å². The first-order valence-electron chi connectivity index (χ1n) is 8.65. The zero-order chi connectivity index (χ0) is 20.5. The highest BCUT2D eigenvalue weighted by atomic mass is 35.5. The lowest BCUT2D eigenvalue weighted by molar-refractivity contribution is -0.384. The topological polar surface area (TPSA) is 89.0 Å². The van der Waals surface area contributed by atoms with Gasteiger partial charge in [0, 0.05) is 17.7 Å². The van der Waals surface area contributed by atoms with E-state index in [-0.39, 0.29) is 11.6 Å². The number of nitro benzene ring substituents is 1. The first-order chi connectivity index (χ1) is 13.9. The number of carbonyl (C=O) groups is 1. The molecule has 144 valence electrons. The minimum Gasteiger partial charge on any atom is -0.457 e. The maximum atomic E-state index is 12.8. The second-order valence-electron chi connectivity index (χ2n) is 6.32. The van der Waals surface area contributed by atoms with Gasteiger partial charge < -0.3 is 4.42 Å². The second-order valence-corrected chi connectivity index (χ2v) is 6.72. The van der Waals surface area contributed by atoms with Crippen LogP contribution in [0.4, 0.5) is 11.4 Å². The van der Waals surface area contributed by atoms with Gasteiger partial charge in [0.05, 0.1) is 26.9 Å². The van der Waals surface area contributed by atoms with Crippen LogP contribution < -0.4 is 5.01 Å². The molecule has 0 aliphatic carbocycles. The number of halogens is 1. The number of rotatable bonds is 4. The predicted molar refractivity (Wildman–Crippen MR) is 111 cm³/mol. The maximum absolute atomic E-state index is 12.8. The molecule has 0 radical (unpaired) electrons. The predicted octanol–water partition coefficient (Wildman–Crippen LogP) is 5.31. The summed E-state index contributed by atoms with van der Waals surface area (Å²) in [5.41, 5.74) is 2.15. The third kappa shape index (κ3) is 3.55. The highest BCUT2D eigenvalue weighted by Gasteiger charge is 2.30. The van der Waals surface area contributed by atoms with Crippen LogP contribution in [0.25, 0.3) is 17.4 Å². The Balaban J connectivity index is 1.61. The molecule has 0 N–H and O–H groups in total. The van der Waals surface area contributed by atoms with Gasteiger partial charge in [0.25, 0.3) is 11.6 Å². The Labute approximate surface area is 170 Å². The molecule has 8 heteroatoms. The number of hydrazone groups is 1. The number of nitro groups is 1. The molecule has 0 unspecified atom stereocenters. The number of carbonyl (C=O) groups excluding carboxylic acids is 1. The van der Waals surface area contributed by atoms with E-state index in [2.05, 4.69) is 5.10 Å². The molecule has 29 heavy (non-hydrogen) atoms. The van der Waals surface area contributed by atoms with E-state index in [1.54, 1.807) is 61.5 Å². The molecule has 1 aliphatic heterocycles. The third-order valence-corrected chi connectivity index (χ3v) is 4.74. The summed E-state index contributed by atoms with van der Waals surface area (Å²) in [6.07, 6.45) is 1.62. The van der Waals surface area contributed by atoms with Gasteiger partial charge >= 0.3 is 0 Å². The van der Waals surface area contributed by atoms with Gasteiger partial charge in [-0.15, -0.1) is 0 Å². The Morgan fingerprint density at radius 3 is 2.52 bits per heavy atom. The third-order valence-electron chi connectivity index (χ3n) is 4.42. The van der Waals surface area contributed by atoms with E-state index < -0.39 is 4.92 Å². The van der Waals surface area contributed by atoms with Gasteiger partial charge in [-0.2, -0.15) is 10.1 Å². The normalized spacial score (nSPS) is 15.1. The lowest BCUT2D eigenvalue weighted by atomic mass is 10.1. The van der Waals surface area contributed by atoms with Gasteiger partial charge in [0.2, 0.25) is 0 Å². The van der Waals surface area contributed by atoms with E-state index in [0.29, 0.717) is 39.1 Å². The maximum Gasteiger partial charge on any atom is 0.280 e. The molecule has 0 fully saturated rings. The highest BCUT2D eigenvalue weighted by Crippen LogP contribution is 2.31. The molecular formula is C21H14ClN3O4. The average Bonchev–Trinajstić information content (AvgIpc) is 3.29. The smallest absolute Gasteiger partial charge is 0.280 e. The van der Waals surface area contributed by atoms with Gasteiger partial charge in [0.15, 0.2) is 0 Å². The number of benzene rings is 2. The van der Waals surface area contributed by atoms with Crippen LogP contribution >= 0.6 is 11.6 Å². The molecule has 0 atom stereocenters. The number of furan rings is 1. The fourth-order valence-corrected chi connectivity index (χ4v) is 3.16. The van der Waals surface area contributed by atoms with E-state index in [9.17, 15) is 14.9 Å². The number of hydrogen-bond acceptors (Lipinski definition) is 5. The summed E-state index contributed by atoms with van der Waals surface area (Å²) in [5.74, 6) is 0.705. The Bertz CT molecular complexity index is 1180. The van der Waals surface area contributed by atoms with E-state index >= 15 is 0 Å². The summed E-state index contributed by atoms with van der Waals surface area (Å²) in [4.78, 5) is 23.1. The van der Waals surface area contributed by atoms with Crippen molar-refractivity contribution in [3.63, 3.8) is 0 Å². The van der Waals surface area contributed by atoms with E-state index in [0.717, 1.165) is 0 Å². The van der Waals surface area contributed by atoms with Crippen molar-refractivity contribution < 1.29 is 14.1 Å². The van der Waals surface area contributed by atoms with Crippen molar-refractivity contribution in [3.05, 3.63) is 87.1 Å². The summed E-state index contributed by atoms with van der Waals surface area (Å²) < 4.78 is 5.80.